The summed E-state index contributed by atoms with van der Waals surface area (Å²) in [6.07, 6.45) is 2.44. The number of piperidine rings is 1. The highest BCUT2D eigenvalue weighted by molar-refractivity contribution is 5.60. The molecule has 0 amide bonds. The van der Waals surface area contributed by atoms with Crippen molar-refractivity contribution in [3.63, 3.8) is 0 Å². The molecule has 94 valence electrons. The zero-order chi connectivity index (χ0) is 12.5. The summed E-state index contributed by atoms with van der Waals surface area (Å²) >= 11 is 0. The van der Waals surface area contributed by atoms with E-state index in [1.807, 2.05) is 12.1 Å². The van der Waals surface area contributed by atoms with Gasteiger partial charge in [-0.3, -0.25) is 0 Å². The molecule has 4 heteroatoms. The molecule has 0 aromatic heterocycles. The molecule has 2 heterocycles. The van der Waals surface area contributed by atoms with Gasteiger partial charge < -0.3 is 10.2 Å². The Labute approximate surface area is 106 Å². The molecule has 2 saturated heterocycles. The summed E-state index contributed by atoms with van der Waals surface area (Å²) in [4.78, 5) is 2.15. The highest BCUT2D eigenvalue weighted by Crippen LogP contribution is 2.31. The van der Waals surface area contributed by atoms with Gasteiger partial charge in [-0.1, -0.05) is 6.07 Å². The Morgan fingerprint density at radius 2 is 2.28 bits per heavy atom. The van der Waals surface area contributed by atoms with Crippen molar-refractivity contribution in [3.8, 4) is 6.07 Å². The Bertz CT molecular complexity index is 480. The first kappa shape index (κ1) is 11.5. The van der Waals surface area contributed by atoms with Gasteiger partial charge in [-0.2, -0.15) is 5.26 Å². The summed E-state index contributed by atoms with van der Waals surface area (Å²) in [5.74, 6) is 0.214. The third-order valence-electron chi connectivity index (χ3n) is 4.04. The molecule has 18 heavy (non-hydrogen) atoms. The van der Waals surface area contributed by atoms with Crippen molar-refractivity contribution in [2.24, 2.45) is 5.92 Å². The van der Waals surface area contributed by atoms with Gasteiger partial charge in [-0.25, -0.2) is 4.39 Å². The lowest BCUT2D eigenvalue weighted by atomic mass is 9.94. The molecule has 0 spiro atoms. The predicted octanol–water partition coefficient (Wildman–Crippen LogP) is 1.89. The van der Waals surface area contributed by atoms with Crippen molar-refractivity contribution in [3.05, 3.63) is 29.6 Å². The van der Waals surface area contributed by atoms with E-state index in [-0.39, 0.29) is 5.56 Å². The van der Waals surface area contributed by atoms with Crippen molar-refractivity contribution in [2.75, 3.05) is 24.5 Å². The number of hydrogen-bond donors (Lipinski definition) is 1. The Balaban J connectivity index is 1.88. The molecule has 0 radical (unpaired) electrons. The zero-order valence-electron chi connectivity index (χ0n) is 10.2. The molecule has 1 aromatic carbocycles. The molecule has 0 unspecified atom stereocenters. The van der Waals surface area contributed by atoms with Gasteiger partial charge in [0.25, 0.3) is 0 Å². The minimum Gasteiger partial charge on any atom is -0.368 e. The number of benzene rings is 1. The first-order valence-corrected chi connectivity index (χ1v) is 6.46. The van der Waals surface area contributed by atoms with Crippen molar-refractivity contribution in [1.29, 1.82) is 5.26 Å². The number of nitrogens with one attached hydrogen (secondary N) is 1. The molecule has 0 saturated carbocycles. The number of nitrogens with zero attached hydrogens (tertiary/aromatic N) is 2. The summed E-state index contributed by atoms with van der Waals surface area (Å²) in [5, 5.41) is 12.6. The maximum Gasteiger partial charge on any atom is 0.143 e. The Morgan fingerprint density at radius 3 is 3.06 bits per heavy atom. The van der Waals surface area contributed by atoms with E-state index < -0.39 is 5.82 Å². The molecule has 2 atom stereocenters. The number of nitriles is 1. The zero-order valence-corrected chi connectivity index (χ0v) is 10.2. The van der Waals surface area contributed by atoms with Gasteiger partial charge in [0, 0.05) is 19.1 Å². The second-order valence-electron chi connectivity index (χ2n) is 5.11. The number of hydrogen-bond acceptors (Lipinski definition) is 3. The van der Waals surface area contributed by atoms with Gasteiger partial charge in [0.1, 0.15) is 17.4 Å². The SMILES string of the molecule is N#Cc1c(F)cccc1N1C[C@@H]2CCCN[C@@H]2C1. The van der Waals surface area contributed by atoms with Crippen LogP contribution >= 0.6 is 0 Å². The Morgan fingerprint density at radius 1 is 1.39 bits per heavy atom. The molecular formula is C14H16FN3. The fourth-order valence-electron chi connectivity index (χ4n) is 3.13. The molecule has 2 aliphatic rings. The van der Waals surface area contributed by atoms with Gasteiger partial charge in [-0.15, -0.1) is 0 Å². The van der Waals surface area contributed by atoms with Gasteiger partial charge in [0.2, 0.25) is 0 Å². The molecule has 3 rings (SSSR count). The second kappa shape index (κ2) is 4.58. The number of rotatable bonds is 1. The van der Waals surface area contributed by atoms with Crippen molar-refractivity contribution >= 4 is 5.69 Å². The van der Waals surface area contributed by atoms with E-state index in [1.54, 1.807) is 6.07 Å². The number of anilines is 1. The van der Waals surface area contributed by atoms with Crippen molar-refractivity contribution in [1.82, 2.24) is 5.32 Å². The van der Waals surface area contributed by atoms with Gasteiger partial charge >= 0.3 is 0 Å². The lowest BCUT2D eigenvalue weighted by Crippen LogP contribution is -2.40. The van der Waals surface area contributed by atoms with Crippen LogP contribution in [0.25, 0.3) is 0 Å². The molecular weight excluding hydrogens is 229 g/mol. The van der Waals surface area contributed by atoms with E-state index in [0.29, 0.717) is 12.0 Å². The van der Waals surface area contributed by atoms with Crippen LogP contribution in [-0.4, -0.2) is 25.7 Å². The van der Waals surface area contributed by atoms with Crippen LogP contribution in [0.5, 0.6) is 0 Å². The minimum absolute atomic E-state index is 0.177. The average molecular weight is 245 g/mol. The monoisotopic (exact) mass is 245 g/mol. The number of fused-ring (bicyclic) bond motifs is 1. The lowest BCUT2D eigenvalue weighted by Gasteiger charge is -2.24. The summed E-state index contributed by atoms with van der Waals surface area (Å²) < 4.78 is 13.6. The lowest BCUT2D eigenvalue weighted by molar-refractivity contribution is 0.340. The highest BCUT2D eigenvalue weighted by Gasteiger charge is 2.35. The first-order valence-electron chi connectivity index (χ1n) is 6.46. The van der Waals surface area contributed by atoms with Crippen LogP contribution < -0.4 is 10.2 Å². The summed E-state index contributed by atoms with van der Waals surface area (Å²) in [7, 11) is 0. The molecule has 2 fully saturated rings. The van der Waals surface area contributed by atoms with Crippen LogP contribution in [0, 0.1) is 23.1 Å². The molecule has 0 bridgehead atoms. The molecule has 3 nitrogen and oxygen atoms in total. The Hall–Kier alpha value is -1.60. The van der Waals surface area contributed by atoms with E-state index in [0.717, 1.165) is 25.3 Å². The van der Waals surface area contributed by atoms with Crippen molar-refractivity contribution in [2.45, 2.75) is 18.9 Å². The first-order chi connectivity index (χ1) is 8.79. The maximum absolute atomic E-state index is 13.6. The third kappa shape index (κ3) is 1.85. The van der Waals surface area contributed by atoms with Crippen LogP contribution in [0.1, 0.15) is 18.4 Å². The fraction of sp³-hybridized carbons (Fsp3) is 0.500. The van der Waals surface area contributed by atoms with E-state index in [2.05, 4.69) is 10.2 Å². The summed E-state index contributed by atoms with van der Waals surface area (Å²) in [6, 6.07) is 7.36. The van der Waals surface area contributed by atoms with E-state index in [1.165, 1.54) is 18.9 Å². The van der Waals surface area contributed by atoms with Crippen LogP contribution in [0.15, 0.2) is 18.2 Å². The van der Waals surface area contributed by atoms with Crippen LogP contribution in [0.2, 0.25) is 0 Å². The molecule has 2 aliphatic heterocycles. The van der Waals surface area contributed by atoms with E-state index in [9.17, 15) is 4.39 Å². The highest BCUT2D eigenvalue weighted by atomic mass is 19.1. The van der Waals surface area contributed by atoms with Crippen LogP contribution in [-0.2, 0) is 0 Å². The molecule has 0 aliphatic carbocycles. The maximum atomic E-state index is 13.6. The standard InChI is InChI=1S/C14H16FN3/c15-12-4-1-5-14(11(12)7-16)18-8-10-3-2-6-17-13(10)9-18/h1,4-5,10,13,17H,2-3,6,8-9H2/t10-,13+/m0/s1. The summed E-state index contributed by atoms with van der Waals surface area (Å²) in [6.45, 7) is 2.88. The van der Waals surface area contributed by atoms with E-state index >= 15 is 0 Å². The summed E-state index contributed by atoms with van der Waals surface area (Å²) in [5.41, 5.74) is 0.921. The van der Waals surface area contributed by atoms with Gasteiger partial charge in [0.15, 0.2) is 0 Å². The van der Waals surface area contributed by atoms with Crippen LogP contribution in [0.3, 0.4) is 0 Å². The average Bonchev–Trinajstić information content (AvgIpc) is 2.82. The van der Waals surface area contributed by atoms with Crippen molar-refractivity contribution < 1.29 is 4.39 Å². The molecule has 1 aromatic rings. The topological polar surface area (TPSA) is 39.1 Å². The number of halogens is 1. The Kier molecular flexibility index (Phi) is 2.92. The minimum atomic E-state index is -0.419. The van der Waals surface area contributed by atoms with E-state index in [4.69, 9.17) is 5.26 Å². The largest absolute Gasteiger partial charge is 0.368 e. The third-order valence-corrected chi connectivity index (χ3v) is 4.04. The second-order valence-corrected chi connectivity index (χ2v) is 5.11. The van der Waals surface area contributed by atoms with Gasteiger partial charge in [-0.05, 0) is 37.4 Å². The fourth-order valence-corrected chi connectivity index (χ4v) is 3.13. The molecule has 1 N–H and O–H groups in total. The van der Waals surface area contributed by atoms with Gasteiger partial charge in [0.05, 0.1) is 5.69 Å². The smallest absolute Gasteiger partial charge is 0.143 e. The quantitative estimate of drug-likeness (QED) is 0.821. The predicted molar refractivity (Wildman–Crippen MR) is 67.8 cm³/mol. The normalized spacial score (nSPS) is 26.8. The van der Waals surface area contributed by atoms with Crippen LogP contribution in [0.4, 0.5) is 10.1 Å².